The van der Waals surface area contributed by atoms with E-state index in [1.165, 1.54) is 0 Å². The van der Waals surface area contributed by atoms with Crippen LogP contribution in [0.4, 0.5) is 0 Å². The van der Waals surface area contributed by atoms with E-state index in [0.717, 1.165) is 0 Å². The molecule has 1 aromatic rings. The second-order valence-electron chi connectivity index (χ2n) is 3.56. The molecule has 1 unspecified atom stereocenters. The predicted molar refractivity (Wildman–Crippen MR) is 58.3 cm³/mol. The molecule has 0 aromatic heterocycles. The lowest BCUT2D eigenvalue weighted by atomic mass is 10.2. The molecule has 1 aliphatic rings. The minimum absolute atomic E-state index is 0.222. The lowest BCUT2D eigenvalue weighted by Crippen LogP contribution is -2.35. The number of amides is 1. The van der Waals surface area contributed by atoms with Gasteiger partial charge in [0, 0.05) is 10.6 Å². The fourth-order valence-electron chi connectivity index (χ4n) is 1.48. The SMILES string of the molecule is O=C1CC(NC(=O)c2ccc(Cl)cc2)CO1. The maximum absolute atomic E-state index is 11.7. The van der Waals surface area contributed by atoms with E-state index in [2.05, 4.69) is 5.32 Å². The zero-order chi connectivity index (χ0) is 11.5. The first kappa shape index (κ1) is 11.0. The summed E-state index contributed by atoms with van der Waals surface area (Å²) in [5.74, 6) is -0.499. The summed E-state index contributed by atoms with van der Waals surface area (Å²) in [5.41, 5.74) is 0.517. The summed E-state index contributed by atoms with van der Waals surface area (Å²) in [6.07, 6.45) is 0.235. The van der Waals surface area contributed by atoms with Gasteiger partial charge in [0.05, 0.1) is 12.5 Å². The number of esters is 1. The van der Waals surface area contributed by atoms with Gasteiger partial charge in [0.25, 0.3) is 5.91 Å². The number of hydrogen-bond acceptors (Lipinski definition) is 3. The molecule has 1 heterocycles. The highest BCUT2D eigenvalue weighted by molar-refractivity contribution is 6.30. The highest BCUT2D eigenvalue weighted by Crippen LogP contribution is 2.11. The van der Waals surface area contributed by atoms with Crippen LogP contribution in [0.1, 0.15) is 16.8 Å². The summed E-state index contributed by atoms with van der Waals surface area (Å²) in [7, 11) is 0. The molecule has 0 bridgehead atoms. The van der Waals surface area contributed by atoms with E-state index in [0.29, 0.717) is 10.6 Å². The molecule has 1 aliphatic heterocycles. The van der Waals surface area contributed by atoms with Gasteiger partial charge in [-0.2, -0.15) is 0 Å². The van der Waals surface area contributed by atoms with Crippen LogP contribution < -0.4 is 5.32 Å². The first-order valence-corrected chi connectivity index (χ1v) is 5.25. The Bertz CT molecular complexity index is 416. The van der Waals surface area contributed by atoms with Gasteiger partial charge in [-0.15, -0.1) is 0 Å². The van der Waals surface area contributed by atoms with Crippen LogP contribution in [0.25, 0.3) is 0 Å². The molecule has 4 nitrogen and oxygen atoms in total. The van der Waals surface area contributed by atoms with Gasteiger partial charge in [-0.3, -0.25) is 9.59 Å². The Hall–Kier alpha value is -1.55. The number of benzene rings is 1. The van der Waals surface area contributed by atoms with Crippen LogP contribution in [0.3, 0.4) is 0 Å². The van der Waals surface area contributed by atoms with E-state index in [1.807, 2.05) is 0 Å². The molecule has 1 saturated heterocycles. The number of rotatable bonds is 2. The normalized spacial score (nSPS) is 19.3. The number of carbonyl (C=O) groups excluding carboxylic acids is 2. The van der Waals surface area contributed by atoms with Crippen LogP contribution in [-0.4, -0.2) is 24.5 Å². The number of ether oxygens (including phenoxy) is 1. The van der Waals surface area contributed by atoms with E-state index in [9.17, 15) is 9.59 Å². The third-order valence-electron chi connectivity index (χ3n) is 2.30. The van der Waals surface area contributed by atoms with Crippen molar-refractivity contribution in [3.63, 3.8) is 0 Å². The standard InChI is InChI=1S/C11H10ClNO3/c12-8-3-1-7(2-4-8)11(15)13-9-5-10(14)16-6-9/h1-4,9H,5-6H2,(H,13,15). The molecule has 1 atom stereocenters. The molecular formula is C11H10ClNO3. The zero-order valence-electron chi connectivity index (χ0n) is 8.40. The largest absolute Gasteiger partial charge is 0.463 e. The average Bonchev–Trinajstić information content (AvgIpc) is 2.65. The molecule has 0 radical (unpaired) electrons. The number of carbonyl (C=O) groups is 2. The maximum atomic E-state index is 11.7. The van der Waals surface area contributed by atoms with Crippen LogP contribution in [0.5, 0.6) is 0 Å². The smallest absolute Gasteiger partial charge is 0.308 e. The van der Waals surface area contributed by atoms with Crippen molar-refractivity contribution in [3.05, 3.63) is 34.9 Å². The van der Waals surface area contributed by atoms with Crippen molar-refractivity contribution in [2.45, 2.75) is 12.5 Å². The van der Waals surface area contributed by atoms with Gasteiger partial charge in [-0.25, -0.2) is 0 Å². The van der Waals surface area contributed by atoms with E-state index >= 15 is 0 Å². The van der Waals surface area contributed by atoms with Crippen molar-refractivity contribution in [1.82, 2.24) is 5.32 Å². The molecule has 16 heavy (non-hydrogen) atoms. The number of cyclic esters (lactones) is 1. The zero-order valence-corrected chi connectivity index (χ0v) is 9.16. The summed E-state index contributed by atoms with van der Waals surface area (Å²) in [6, 6.07) is 6.33. The van der Waals surface area contributed by atoms with Crippen molar-refractivity contribution in [2.24, 2.45) is 0 Å². The van der Waals surface area contributed by atoms with Crippen molar-refractivity contribution < 1.29 is 14.3 Å². The third kappa shape index (κ3) is 2.52. The van der Waals surface area contributed by atoms with Gasteiger partial charge in [0.1, 0.15) is 6.61 Å². The van der Waals surface area contributed by atoms with E-state index in [4.69, 9.17) is 16.3 Å². The van der Waals surface area contributed by atoms with Crippen LogP contribution in [0.2, 0.25) is 5.02 Å². The van der Waals surface area contributed by atoms with Crippen molar-refractivity contribution in [2.75, 3.05) is 6.61 Å². The molecule has 1 fully saturated rings. The third-order valence-corrected chi connectivity index (χ3v) is 2.55. The van der Waals surface area contributed by atoms with Crippen LogP contribution in [-0.2, 0) is 9.53 Å². The van der Waals surface area contributed by atoms with Crippen molar-refractivity contribution in [3.8, 4) is 0 Å². The molecular weight excluding hydrogens is 230 g/mol. The second kappa shape index (κ2) is 4.53. The Kier molecular flexibility index (Phi) is 3.10. The minimum Gasteiger partial charge on any atom is -0.463 e. The quantitative estimate of drug-likeness (QED) is 0.794. The van der Waals surface area contributed by atoms with Gasteiger partial charge in [-0.1, -0.05) is 11.6 Å². The molecule has 0 aliphatic carbocycles. The van der Waals surface area contributed by atoms with Crippen LogP contribution in [0.15, 0.2) is 24.3 Å². The summed E-state index contributed by atoms with van der Waals surface area (Å²) in [6.45, 7) is 0.248. The highest BCUT2D eigenvalue weighted by atomic mass is 35.5. The second-order valence-corrected chi connectivity index (χ2v) is 4.00. The Labute approximate surface area is 97.5 Å². The summed E-state index contributed by atoms with van der Waals surface area (Å²) in [5, 5.41) is 3.30. The molecule has 5 heteroatoms. The minimum atomic E-state index is -0.276. The Morgan fingerprint density at radius 3 is 2.62 bits per heavy atom. The first-order chi connectivity index (χ1) is 7.65. The molecule has 1 N–H and O–H groups in total. The van der Waals surface area contributed by atoms with Crippen molar-refractivity contribution in [1.29, 1.82) is 0 Å². The molecule has 2 rings (SSSR count). The number of halogens is 1. The Morgan fingerprint density at radius 1 is 1.38 bits per heavy atom. The summed E-state index contributed by atoms with van der Waals surface area (Å²) < 4.78 is 4.75. The van der Waals surface area contributed by atoms with Gasteiger partial charge in [0.2, 0.25) is 0 Å². The van der Waals surface area contributed by atoms with Crippen LogP contribution in [0, 0.1) is 0 Å². The maximum Gasteiger partial charge on any atom is 0.308 e. The molecule has 0 saturated carbocycles. The Morgan fingerprint density at radius 2 is 2.06 bits per heavy atom. The van der Waals surface area contributed by atoms with E-state index in [1.54, 1.807) is 24.3 Å². The summed E-state index contributed by atoms with van der Waals surface area (Å²) >= 11 is 5.71. The lowest BCUT2D eigenvalue weighted by molar-refractivity contribution is -0.137. The molecule has 1 amide bonds. The monoisotopic (exact) mass is 239 g/mol. The highest BCUT2D eigenvalue weighted by Gasteiger charge is 2.25. The first-order valence-electron chi connectivity index (χ1n) is 4.87. The Balaban J connectivity index is 1.98. The summed E-state index contributed by atoms with van der Waals surface area (Å²) in [4.78, 5) is 22.5. The van der Waals surface area contributed by atoms with Gasteiger partial charge in [-0.05, 0) is 24.3 Å². The topological polar surface area (TPSA) is 55.4 Å². The predicted octanol–water partition coefficient (Wildman–Crippen LogP) is 1.39. The van der Waals surface area contributed by atoms with E-state index < -0.39 is 0 Å². The molecule has 1 aromatic carbocycles. The average molecular weight is 240 g/mol. The molecule has 84 valence electrons. The molecule has 0 spiro atoms. The number of nitrogens with one attached hydrogen (secondary N) is 1. The lowest BCUT2D eigenvalue weighted by Gasteiger charge is -2.09. The van der Waals surface area contributed by atoms with Crippen LogP contribution >= 0.6 is 11.6 Å². The number of hydrogen-bond donors (Lipinski definition) is 1. The van der Waals surface area contributed by atoms with Crippen molar-refractivity contribution >= 4 is 23.5 Å². The van der Waals surface area contributed by atoms with Gasteiger partial charge < -0.3 is 10.1 Å². The van der Waals surface area contributed by atoms with Gasteiger partial charge >= 0.3 is 5.97 Å². The van der Waals surface area contributed by atoms with E-state index in [-0.39, 0.29) is 30.9 Å². The fraction of sp³-hybridized carbons (Fsp3) is 0.273. The fourth-order valence-corrected chi connectivity index (χ4v) is 1.60. The van der Waals surface area contributed by atoms with Gasteiger partial charge in [0.15, 0.2) is 0 Å².